The summed E-state index contributed by atoms with van der Waals surface area (Å²) in [4.78, 5) is 10.5. The quantitative estimate of drug-likeness (QED) is 0.725. The second-order valence-corrected chi connectivity index (χ2v) is 4.17. The molecule has 0 aliphatic carbocycles. The molecular weight excluding hydrogens is 218 g/mol. The summed E-state index contributed by atoms with van der Waals surface area (Å²) < 4.78 is 0. The first-order valence-corrected chi connectivity index (χ1v) is 6.27. The third kappa shape index (κ3) is 3.35. The van der Waals surface area contributed by atoms with Crippen LogP contribution >= 0.6 is 23.4 Å². The van der Waals surface area contributed by atoms with Crippen molar-refractivity contribution >= 4 is 29.2 Å². The van der Waals surface area contributed by atoms with Crippen molar-refractivity contribution in [1.82, 2.24) is 9.97 Å². The van der Waals surface area contributed by atoms with E-state index in [1.807, 2.05) is 18.8 Å². The molecular formula is C9H14ClN3S. The lowest BCUT2D eigenvalue weighted by Crippen LogP contribution is -2.21. The van der Waals surface area contributed by atoms with Crippen molar-refractivity contribution in [2.75, 3.05) is 30.5 Å². The monoisotopic (exact) mass is 231 g/mol. The first-order chi connectivity index (χ1) is 6.77. The third-order valence-electron chi connectivity index (χ3n) is 1.85. The van der Waals surface area contributed by atoms with Crippen molar-refractivity contribution in [3.63, 3.8) is 0 Å². The molecule has 0 spiro atoms. The minimum Gasteiger partial charge on any atom is -0.358 e. The summed E-state index contributed by atoms with van der Waals surface area (Å²) in [5, 5.41) is 0. The zero-order valence-corrected chi connectivity index (χ0v) is 9.98. The van der Waals surface area contributed by atoms with E-state index >= 15 is 0 Å². The van der Waals surface area contributed by atoms with Gasteiger partial charge in [0.1, 0.15) is 5.82 Å². The SMILES string of the molecule is CSCCN(C)c1cnc(CCl)cn1. The van der Waals surface area contributed by atoms with Crippen molar-refractivity contribution in [1.29, 1.82) is 0 Å². The largest absolute Gasteiger partial charge is 0.358 e. The Morgan fingerprint density at radius 3 is 2.71 bits per heavy atom. The number of hydrogen-bond donors (Lipinski definition) is 0. The van der Waals surface area contributed by atoms with Crippen LogP contribution in [0.4, 0.5) is 5.82 Å². The molecule has 5 heteroatoms. The summed E-state index contributed by atoms with van der Waals surface area (Å²) in [5.74, 6) is 2.41. The van der Waals surface area contributed by atoms with E-state index in [4.69, 9.17) is 11.6 Å². The van der Waals surface area contributed by atoms with E-state index in [1.54, 1.807) is 12.4 Å². The maximum atomic E-state index is 5.62. The number of rotatable bonds is 5. The fourth-order valence-electron chi connectivity index (χ4n) is 0.957. The fraction of sp³-hybridized carbons (Fsp3) is 0.556. The van der Waals surface area contributed by atoms with E-state index in [9.17, 15) is 0 Å². The van der Waals surface area contributed by atoms with E-state index in [0.29, 0.717) is 5.88 Å². The molecule has 1 aromatic heterocycles. The van der Waals surface area contributed by atoms with Crippen LogP contribution in [0.25, 0.3) is 0 Å². The molecule has 0 unspecified atom stereocenters. The molecule has 0 amide bonds. The Labute approximate surface area is 93.9 Å². The molecule has 1 rings (SSSR count). The van der Waals surface area contributed by atoms with Gasteiger partial charge in [-0.25, -0.2) is 4.98 Å². The van der Waals surface area contributed by atoms with E-state index < -0.39 is 0 Å². The summed E-state index contributed by atoms with van der Waals surface area (Å²) in [7, 11) is 2.01. The van der Waals surface area contributed by atoms with Gasteiger partial charge in [0.05, 0.1) is 24.0 Å². The molecule has 0 radical (unpaired) electrons. The first-order valence-electron chi connectivity index (χ1n) is 4.35. The summed E-state index contributed by atoms with van der Waals surface area (Å²) in [6, 6.07) is 0. The Bertz CT molecular complexity index is 265. The lowest BCUT2D eigenvalue weighted by atomic mass is 10.5. The third-order valence-corrected chi connectivity index (χ3v) is 2.72. The highest BCUT2D eigenvalue weighted by molar-refractivity contribution is 7.98. The number of aromatic nitrogens is 2. The zero-order chi connectivity index (χ0) is 10.4. The standard InChI is InChI=1S/C9H14ClN3S/c1-13(3-4-14-2)9-7-11-8(5-10)6-12-9/h6-7H,3-5H2,1-2H3. The van der Waals surface area contributed by atoms with Crippen molar-refractivity contribution in [3.05, 3.63) is 18.1 Å². The lowest BCUT2D eigenvalue weighted by molar-refractivity contribution is 0.927. The highest BCUT2D eigenvalue weighted by Crippen LogP contribution is 2.08. The van der Waals surface area contributed by atoms with Gasteiger partial charge in [-0.15, -0.1) is 11.6 Å². The van der Waals surface area contributed by atoms with Crippen molar-refractivity contribution in [3.8, 4) is 0 Å². The minimum absolute atomic E-state index is 0.418. The second-order valence-electron chi connectivity index (χ2n) is 2.91. The van der Waals surface area contributed by atoms with Crippen LogP contribution in [-0.2, 0) is 5.88 Å². The van der Waals surface area contributed by atoms with Gasteiger partial charge in [0.25, 0.3) is 0 Å². The molecule has 0 atom stereocenters. The maximum Gasteiger partial charge on any atom is 0.146 e. The number of hydrogen-bond acceptors (Lipinski definition) is 4. The molecule has 78 valence electrons. The van der Waals surface area contributed by atoms with Crippen molar-refractivity contribution in [2.45, 2.75) is 5.88 Å². The molecule has 3 nitrogen and oxygen atoms in total. The Morgan fingerprint density at radius 2 is 2.21 bits per heavy atom. The number of anilines is 1. The van der Waals surface area contributed by atoms with E-state index in [1.165, 1.54) is 0 Å². The Balaban J connectivity index is 2.57. The van der Waals surface area contributed by atoms with Gasteiger partial charge in [0.15, 0.2) is 0 Å². The van der Waals surface area contributed by atoms with Crippen LogP contribution in [0.5, 0.6) is 0 Å². The Hall–Kier alpha value is -0.480. The molecule has 1 aromatic rings. The lowest BCUT2D eigenvalue weighted by Gasteiger charge is -2.16. The molecule has 0 aliphatic rings. The normalized spacial score (nSPS) is 10.2. The molecule has 0 fully saturated rings. The molecule has 14 heavy (non-hydrogen) atoms. The van der Waals surface area contributed by atoms with Gasteiger partial charge in [-0.2, -0.15) is 11.8 Å². The van der Waals surface area contributed by atoms with Crippen LogP contribution < -0.4 is 4.90 Å². The van der Waals surface area contributed by atoms with E-state index in [0.717, 1.165) is 23.8 Å². The molecule has 1 heterocycles. The Kier molecular flexibility index (Phi) is 5.04. The van der Waals surface area contributed by atoms with Gasteiger partial charge in [0, 0.05) is 19.3 Å². The highest BCUT2D eigenvalue weighted by atomic mass is 35.5. The van der Waals surface area contributed by atoms with Crippen LogP contribution in [0.15, 0.2) is 12.4 Å². The predicted molar refractivity (Wildman–Crippen MR) is 63.2 cm³/mol. The maximum absolute atomic E-state index is 5.62. The van der Waals surface area contributed by atoms with Crippen molar-refractivity contribution in [2.24, 2.45) is 0 Å². The first kappa shape index (κ1) is 11.6. The minimum atomic E-state index is 0.418. The van der Waals surface area contributed by atoms with Gasteiger partial charge >= 0.3 is 0 Å². The fourth-order valence-corrected chi connectivity index (χ4v) is 1.55. The van der Waals surface area contributed by atoms with Crippen LogP contribution in [0.1, 0.15) is 5.69 Å². The van der Waals surface area contributed by atoms with Crippen LogP contribution in [0, 0.1) is 0 Å². The summed E-state index contributed by atoms with van der Waals surface area (Å²) in [6.07, 6.45) is 5.58. The highest BCUT2D eigenvalue weighted by Gasteiger charge is 2.01. The Morgan fingerprint density at radius 1 is 1.43 bits per heavy atom. The summed E-state index contributed by atoms with van der Waals surface area (Å²) >= 11 is 7.44. The van der Waals surface area contributed by atoms with E-state index in [2.05, 4.69) is 21.1 Å². The number of alkyl halides is 1. The van der Waals surface area contributed by atoms with Gasteiger partial charge in [-0.1, -0.05) is 0 Å². The molecule has 0 aliphatic heterocycles. The van der Waals surface area contributed by atoms with E-state index in [-0.39, 0.29) is 0 Å². The van der Waals surface area contributed by atoms with Gasteiger partial charge in [0.2, 0.25) is 0 Å². The smallest absolute Gasteiger partial charge is 0.146 e. The van der Waals surface area contributed by atoms with Crippen molar-refractivity contribution < 1.29 is 0 Å². The molecule has 0 N–H and O–H groups in total. The van der Waals surface area contributed by atoms with Crippen LogP contribution in [-0.4, -0.2) is 35.6 Å². The topological polar surface area (TPSA) is 29.0 Å². The summed E-state index contributed by atoms with van der Waals surface area (Å²) in [5.41, 5.74) is 0.814. The average molecular weight is 232 g/mol. The second kappa shape index (κ2) is 6.09. The van der Waals surface area contributed by atoms with Crippen LogP contribution in [0.2, 0.25) is 0 Å². The molecule has 0 saturated carbocycles. The number of nitrogens with zero attached hydrogens (tertiary/aromatic N) is 3. The molecule has 0 aromatic carbocycles. The molecule has 0 bridgehead atoms. The average Bonchev–Trinajstić information content (AvgIpc) is 2.26. The summed E-state index contributed by atoms with van der Waals surface area (Å²) in [6.45, 7) is 0.982. The van der Waals surface area contributed by atoms with Gasteiger partial charge < -0.3 is 4.90 Å². The van der Waals surface area contributed by atoms with Crippen LogP contribution in [0.3, 0.4) is 0 Å². The number of thioether (sulfide) groups is 1. The molecule has 0 saturated heterocycles. The van der Waals surface area contributed by atoms with Gasteiger partial charge in [-0.3, -0.25) is 4.98 Å². The number of halogens is 1. The zero-order valence-electron chi connectivity index (χ0n) is 8.40. The van der Waals surface area contributed by atoms with Gasteiger partial charge in [-0.05, 0) is 6.26 Å². The predicted octanol–water partition coefficient (Wildman–Crippen LogP) is 2.01.